The molecule has 43 heavy (non-hydrogen) atoms. The minimum absolute atomic E-state index is 0.107. The van der Waals surface area contributed by atoms with Crippen LogP contribution >= 0.6 is 12.2 Å². The summed E-state index contributed by atoms with van der Waals surface area (Å²) in [7, 11) is 1.65. The van der Waals surface area contributed by atoms with E-state index in [1.54, 1.807) is 7.11 Å². The largest absolute Gasteiger partial charge is 0.497 e. The molecule has 3 heterocycles. The Morgan fingerprint density at radius 3 is 2.21 bits per heavy atom. The first-order chi connectivity index (χ1) is 20.9. The van der Waals surface area contributed by atoms with Gasteiger partial charge in [0, 0.05) is 23.3 Å². The first kappa shape index (κ1) is 28.5. The average Bonchev–Trinajstić information content (AvgIpc) is 3.52. The molecule has 1 aliphatic rings. The molecule has 0 spiro atoms. The van der Waals surface area contributed by atoms with Crippen molar-refractivity contribution in [3.05, 3.63) is 131 Å². The summed E-state index contributed by atoms with van der Waals surface area (Å²) in [6, 6.07) is 30.4. The van der Waals surface area contributed by atoms with Crippen LogP contribution in [0.2, 0.25) is 0 Å². The van der Waals surface area contributed by atoms with E-state index in [1.165, 1.54) is 33.8 Å². The summed E-state index contributed by atoms with van der Waals surface area (Å²) in [5.74, 6) is 2.28. The molecule has 3 aromatic carbocycles. The number of ether oxygens (including phenoxy) is 2. The van der Waals surface area contributed by atoms with Crippen LogP contribution in [0.5, 0.6) is 17.2 Å². The first-order valence-electron chi connectivity index (χ1n) is 14.6. The number of aryl methyl sites for hydroxylation is 3. The Labute approximate surface area is 258 Å². The van der Waals surface area contributed by atoms with E-state index in [2.05, 4.69) is 84.9 Å². The zero-order chi connectivity index (χ0) is 30.1. The standard InChI is InChI=1S/C36H36N4O2S/c1-6-26-11-9-10-23(2)34(26)39-24(3)22-31(25(39)4)35-33(32-12-7-8-21-37-32)38-36(43)40(35)27-13-15-29(16-14-27)42-30-19-17-28(41-5)18-20-30/h7-22,33,35H,6H2,1-5H3,(H,38,43)/t33-,35+/m1/s1. The normalized spacial score (nSPS) is 16.3. The Hall–Kier alpha value is -4.62. The number of hydrogen-bond acceptors (Lipinski definition) is 4. The van der Waals surface area contributed by atoms with Gasteiger partial charge in [-0.3, -0.25) is 4.98 Å². The molecule has 1 saturated heterocycles. The van der Waals surface area contributed by atoms with Gasteiger partial charge in [-0.1, -0.05) is 31.2 Å². The fourth-order valence-electron chi connectivity index (χ4n) is 6.16. The third kappa shape index (κ3) is 5.37. The molecular weight excluding hydrogens is 552 g/mol. The number of nitrogens with zero attached hydrogens (tertiary/aromatic N) is 3. The second-order valence-corrected chi connectivity index (χ2v) is 11.3. The van der Waals surface area contributed by atoms with Crippen LogP contribution in [0.3, 0.4) is 0 Å². The van der Waals surface area contributed by atoms with Crippen molar-refractivity contribution in [1.29, 1.82) is 0 Å². The lowest BCUT2D eigenvalue weighted by molar-refractivity contribution is 0.413. The first-order valence-corrected chi connectivity index (χ1v) is 15.0. The number of rotatable bonds is 8. The second kappa shape index (κ2) is 11.9. The molecule has 6 nitrogen and oxygen atoms in total. The van der Waals surface area contributed by atoms with Crippen LogP contribution in [0, 0.1) is 20.8 Å². The van der Waals surface area contributed by atoms with Gasteiger partial charge in [-0.2, -0.15) is 0 Å². The molecule has 1 fully saturated rings. The van der Waals surface area contributed by atoms with E-state index in [1.807, 2.05) is 54.7 Å². The third-order valence-corrected chi connectivity index (χ3v) is 8.54. The van der Waals surface area contributed by atoms with E-state index in [4.69, 9.17) is 26.7 Å². The van der Waals surface area contributed by atoms with Crippen LogP contribution in [-0.2, 0) is 6.42 Å². The number of methoxy groups -OCH3 is 1. The van der Waals surface area contributed by atoms with Gasteiger partial charge in [0.2, 0.25) is 0 Å². The summed E-state index contributed by atoms with van der Waals surface area (Å²) >= 11 is 6.01. The van der Waals surface area contributed by atoms with Crippen LogP contribution in [0.25, 0.3) is 5.69 Å². The van der Waals surface area contributed by atoms with Crippen molar-refractivity contribution in [2.75, 3.05) is 12.0 Å². The Morgan fingerprint density at radius 2 is 1.56 bits per heavy atom. The highest BCUT2D eigenvalue weighted by Gasteiger charge is 2.42. The SMILES string of the molecule is CCc1cccc(C)c1-n1c(C)cc([C@H]2[C@@H](c3ccccn3)NC(=S)N2c2ccc(Oc3ccc(OC)cc3)cc2)c1C. The monoisotopic (exact) mass is 588 g/mol. The van der Waals surface area contributed by atoms with Crippen molar-refractivity contribution >= 4 is 23.0 Å². The molecule has 5 aromatic rings. The average molecular weight is 589 g/mol. The van der Waals surface area contributed by atoms with Gasteiger partial charge in [-0.25, -0.2) is 0 Å². The van der Waals surface area contributed by atoms with Crippen molar-refractivity contribution in [2.24, 2.45) is 0 Å². The van der Waals surface area contributed by atoms with E-state index in [0.717, 1.165) is 35.1 Å². The molecule has 2 aromatic heterocycles. The molecule has 1 N–H and O–H groups in total. The number of anilines is 1. The van der Waals surface area contributed by atoms with Gasteiger partial charge in [0.15, 0.2) is 5.11 Å². The summed E-state index contributed by atoms with van der Waals surface area (Å²) in [6.07, 6.45) is 2.81. The maximum Gasteiger partial charge on any atom is 0.174 e. The molecule has 0 bridgehead atoms. The van der Waals surface area contributed by atoms with Crippen LogP contribution in [0.4, 0.5) is 5.69 Å². The number of benzene rings is 3. The number of nitrogens with one attached hydrogen (secondary N) is 1. The molecule has 0 amide bonds. The predicted molar refractivity (Wildman–Crippen MR) is 177 cm³/mol. The Kier molecular flexibility index (Phi) is 7.91. The van der Waals surface area contributed by atoms with Crippen molar-refractivity contribution in [3.63, 3.8) is 0 Å². The number of para-hydroxylation sites is 1. The van der Waals surface area contributed by atoms with Crippen LogP contribution in [-0.4, -0.2) is 21.8 Å². The number of aromatic nitrogens is 2. The van der Waals surface area contributed by atoms with E-state index in [9.17, 15) is 0 Å². The fourth-order valence-corrected chi connectivity index (χ4v) is 6.51. The fraction of sp³-hybridized carbons (Fsp3) is 0.222. The molecule has 0 saturated carbocycles. The van der Waals surface area contributed by atoms with Crippen LogP contribution < -0.4 is 19.7 Å². The smallest absolute Gasteiger partial charge is 0.174 e. The Morgan fingerprint density at radius 1 is 0.860 bits per heavy atom. The molecule has 0 radical (unpaired) electrons. The summed E-state index contributed by atoms with van der Waals surface area (Å²) < 4.78 is 13.8. The van der Waals surface area contributed by atoms with E-state index >= 15 is 0 Å². The van der Waals surface area contributed by atoms with Gasteiger partial charge in [0.05, 0.1) is 30.6 Å². The van der Waals surface area contributed by atoms with Crippen molar-refractivity contribution in [2.45, 2.75) is 46.2 Å². The lowest BCUT2D eigenvalue weighted by Crippen LogP contribution is -2.29. The molecule has 218 valence electrons. The quantitative estimate of drug-likeness (QED) is 0.184. The summed E-state index contributed by atoms with van der Waals surface area (Å²) in [5, 5.41) is 4.27. The molecule has 1 aliphatic heterocycles. The van der Waals surface area contributed by atoms with Crippen LogP contribution in [0.15, 0.2) is 97.2 Å². The van der Waals surface area contributed by atoms with Crippen molar-refractivity contribution in [1.82, 2.24) is 14.9 Å². The highest BCUT2D eigenvalue weighted by molar-refractivity contribution is 7.80. The maximum absolute atomic E-state index is 6.11. The van der Waals surface area contributed by atoms with Gasteiger partial charge in [-0.15, -0.1) is 0 Å². The number of pyridine rings is 1. The zero-order valence-electron chi connectivity index (χ0n) is 25.2. The molecule has 0 aliphatic carbocycles. The number of thiocarbonyl (C=S) groups is 1. The number of hydrogen-bond donors (Lipinski definition) is 1. The Bertz CT molecular complexity index is 1750. The van der Waals surface area contributed by atoms with Gasteiger partial charge in [0.1, 0.15) is 17.2 Å². The van der Waals surface area contributed by atoms with Gasteiger partial charge in [0.25, 0.3) is 0 Å². The lowest BCUT2D eigenvalue weighted by atomic mass is 9.96. The molecule has 2 atom stereocenters. The minimum Gasteiger partial charge on any atom is -0.497 e. The third-order valence-electron chi connectivity index (χ3n) is 8.22. The highest BCUT2D eigenvalue weighted by Crippen LogP contribution is 2.44. The topological polar surface area (TPSA) is 51.6 Å². The van der Waals surface area contributed by atoms with Crippen LogP contribution in [0.1, 0.15) is 52.8 Å². The summed E-state index contributed by atoms with van der Waals surface area (Å²) in [5.41, 5.74) is 9.40. The molecule has 0 unspecified atom stereocenters. The second-order valence-electron chi connectivity index (χ2n) is 10.9. The summed E-state index contributed by atoms with van der Waals surface area (Å²) in [4.78, 5) is 6.97. The minimum atomic E-state index is -0.125. The van der Waals surface area contributed by atoms with Gasteiger partial charge >= 0.3 is 0 Å². The summed E-state index contributed by atoms with van der Waals surface area (Å²) in [6.45, 7) is 8.81. The van der Waals surface area contributed by atoms with Crippen molar-refractivity contribution in [3.8, 4) is 22.9 Å². The molecule has 7 heteroatoms. The predicted octanol–water partition coefficient (Wildman–Crippen LogP) is 8.34. The van der Waals surface area contributed by atoms with E-state index in [0.29, 0.717) is 5.11 Å². The Balaban J connectivity index is 1.41. The van der Waals surface area contributed by atoms with Crippen molar-refractivity contribution < 1.29 is 9.47 Å². The molecule has 6 rings (SSSR count). The zero-order valence-corrected chi connectivity index (χ0v) is 26.0. The van der Waals surface area contributed by atoms with Gasteiger partial charge in [-0.05, 0) is 123 Å². The molecular formula is C36H36N4O2S. The maximum atomic E-state index is 6.11. The lowest BCUT2D eigenvalue weighted by Gasteiger charge is -2.28. The van der Waals surface area contributed by atoms with E-state index < -0.39 is 0 Å². The van der Waals surface area contributed by atoms with Gasteiger partial charge < -0.3 is 24.3 Å². The van der Waals surface area contributed by atoms with E-state index in [-0.39, 0.29) is 12.1 Å². The highest BCUT2D eigenvalue weighted by atomic mass is 32.1.